The summed E-state index contributed by atoms with van der Waals surface area (Å²) in [6.45, 7) is 2.91. The molecule has 1 heterocycles. The molecule has 1 aliphatic heterocycles. The number of anilines is 1. The molecule has 2 atom stereocenters. The summed E-state index contributed by atoms with van der Waals surface area (Å²) in [4.78, 5) is 2.46. The first-order valence-corrected chi connectivity index (χ1v) is 6.90. The van der Waals surface area contributed by atoms with Crippen LogP contribution in [0.5, 0.6) is 0 Å². The maximum atomic E-state index is 6.35. The average Bonchev–Trinajstić information content (AvgIpc) is 2.88. The first-order valence-electron chi connectivity index (χ1n) is 6.52. The molecule has 1 aliphatic carbocycles. The molecule has 3 rings (SSSR count). The van der Waals surface area contributed by atoms with Crippen LogP contribution in [0.15, 0.2) is 18.2 Å². The molecule has 92 valence electrons. The first kappa shape index (κ1) is 11.4. The summed E-state index contributed by atoms with van der Waals surface area (Å²) < 4.78 is 0. The number of fused-ring (bicyclic) bond motifs is 1. The van der Waals surface area contributed by atoms with Crippen LogP contribution in [0.2, 0.25) is 5.02 Å². The van der Waals surface area contributed by atoms with Crippen molar-refractivity contribution in [1.29, 1.82) is 0 Å². The van der Waals surface area contributed by atoms with Crippen molar-refractivity contribution in [3.05, 3.63) is 28.8 Å². The molecule has 1 aromatic carbocycles. The smallest absolute Gasteiger partial charge is 0.0642 e. The first-order chi connectivity index (χ1) is 8.29. The molecule has 2 aliphatic rings. The van der Waals surface area contributed by atoms with E-state index < -0.39 is 0 Å². The molecule has 1 saturated heterocycles. The lowest BCUT2D eigenvalue weighted by atomic mass is 10.0. The monoisotopic (exact) mass is 250 g/mol. The third-order valence-corrected chi connectivity index (χ3v) is 4.64. The van der Waals surface area contributed by atoms with Crippen molar-refractivity contribution < 1.29 is 0 Å². The molecule has 1 saturated carbocycles. The highest BCUT2D eigenvalue weighted by Crippen LogP contribution is 2.42. The Hall–Kier alpha value is -0.730. The van der Waals surface area contributed by atoms with E-state index in [2.05, 4.69) is 11.0 Å². The van der Waals surface area contributed by atoms with E-state index in [0.717, 1.165) is 16.9 Å². The van der Waals surface area contributed by atoms with Gasteiger partial charge < -0.3 is 10.6 Å². The fourth-order valence-corrected chi connectivity index (χ4v) is 3.81. The molecule has 0 aromatic heterocycles. The van der Waals surface area contributed by atoms with Gasteiger partial charge in [0.1, 0.15) is 0 Å². The molecule has 0 bridgehead atoms. The Kier molecular flexibility index (Phi) is 3.01. The molecular weight excluding hydrogens is 232 g/mol. The zero-order chi connectivity index (χ0) is 11.8. The summed E-state index contributed by atoms with van der Waals surface area (Å²) in [6.07, 6.45) is 4.20. The molecule has 0 amide bonds. The zero-order valence-electron chi connectivity index (χ0n) is 10.0. The van der Waals surface area contributed by atoms with Crippen LogP contribution in [-0.2, 0) is 6.54 Å². The van der Waals surface area contributed by atoms with Gasteiger partial charge in [-0.15, -0.1) is 0 Å². The highest BCUT2D eigenvalue weighted by atomic mass is 35.5. The zero-order valence-corrected chi connectivity index (χ0v) is 10.8. The molecule has 2 unspecified atom stereocenters. The lowest BCUT2D eigenvalue weighted by Crippen LogP contribution is -2.23. The van der Waals surface area contributed by atoms with Gasteiger partial charge in [-0.1, -0.05) is 30.2 Å². The van der Waals surface area contributed by atoms with E-state index in [9.17, 15) is 0 Å². The molecule has 0 radical (unpaired) electrons. The second-order valence-electron chi connectivity index (χ2n) is 5.31. The second kappa shape index (κ2) is 4.51. The largest absolute Gasteiger partial charge is 0.369 e. The predicted octanol–water partition coefficient (Wildman–Crippen LogP) is 3.04. The van der Waals surface area contributed by atoms with E-state index in [0.29, 0.717) is 6.54 Å². The average molecular weight is 251 g/mol. The molecule has 0 spiro atoms. The Labute approximate surface area is 108 Å². The van der Waals surface area contributed by atoms with Gasteiger partial charge in [0.05, 0.1) is 10.7 Å². The number of para-hydroxylation sites is 1. The van der Waals surface area contributed by atoms with Crippen LogP contribution in [0.1, 0.15) is 24.8 Å². The van der Waals surface area contributed by atoms with Crippen LogP contribution < -0.4 is 10.6 Å². The molecular formula is C14H19ClN2. The van der Waals surface area contributed by atoms with Crippen molar-refractivity contribution in [2.45, 2.75) is 25.8 Å². The number of hydrogen-bond acceptors (Lipinski definition) is 2. The number of hydrogen-bond donors (Lipinski definition) is 1. The Morgan fingerprint density at radius 2 is 1.94 bits per heavy atom. The van der Waals surface area contributed by atoms with Gasteiger partial charge in [0.2, 0.25) is 0 Å². The SMILES string of the molecule is NCc1cccc(Cl)c1N1CC2CCCC2C1. The molecule has 3 heteroatoms. The highest BCUT2D eigenvalue weighted by Gasteiger charge is 2.37. The minimum atomic E-state index is 0.571. The molecule has 2 nitrogen and oxygen atoms in total. The van der Waals surface area contributed by atoms with E-state index in [-0.39, 0.29) is 0 Å². The van der Waals surface area contributed by atoms with Gasteiger partial charge in [-0.25, -0.2) is 0 Å². The van der Waals surface area contributed by atoms with Crippen molar-refractivity contribution in [3.63, 3.8) is 0 Å². The summed E-state index contributed by atoms with van der Waals surface area (Å²) >= 11 is 6.35. The summed E-state index contributed by atoms with van der Waals surface area (Å²) in [6, 6.07) is 6.06. The maximum absolute atomic E-state index is 6.35. The molecule has 1 aromatic rings. The van der Waals surface area contributed by atoms with Crippen LogP contribution in [0.25, 0.3) is 0 Å². The minimum absolute atomic E-state index is 0.571. The van der Waals surface area contributed by atoms with E-state index in [1.165, 1.54) is 43.6 Å². The Balaban J connectivity index is 1.90. The minimum Gasteiger partial charge on any atom is -0.369 e. The summed E-state index contributed by atoms with van der Waals surface area (Å²) in [5.41, 5.74) is 8.18. The Morgan fingerprint density at radius 1 is 1.24 bits per heavy atom. The lowest BCUT2D eigenvalue weighted by molar-refractivity contribution is 0.494. The Morgan fingerprint density at radius 3 is 2.59 bits per heavy atom. The van der Waals surface area contributed by atoms with Crippen LogP contribution >= 0.6 is 11.6 Å². The van der Waals surface area contributed by atoms with Crippen molar-refractivity contribution in [3.8, 4) is 0 Å². The number of nitrogens with zero attached hydrogens (tertiary/aromatic N) is 1. The normalized spacial score (nSPS) is 27.5. The number of halogens is 1. The quantitative estimate of drug-likeness (QED) is 0.874. The van der Waals surface area contributed by atoms with E-state index >= 15 is 0 Å². The van der Waals surface area contributed by atoms with Crippen molar-refractivity contribution in [1.82, 2.24) is 0 Å². The number of benzene rings is 1. The summed E-state index contributed by atoms with van der Waals surface area (Å²) in [5, 5.41) is 0.855. The summed E-state index contributed by atoms with van der Waals surface area (Å²) in [7, 11) is 0. The van der Waals surface area contributed by atoms with Crippen LogP contribution in [-0.4, -0.2) is 13.1 Å². The van der Waals surface area contributed by atoms with Gasteiger partial charge in [0.25, 0.3) is 0 Å². The van der Waals surface area contributed by atoms with Crippen LogP contribution in [0.3, 0.4) is 0 Å². The predicted molar refractivity (Wildman–Crippen MR) is 72.4 cm³/mol. The molecule has 17 heavy (non-hydrogen) atoms. The lowest BCUT2D eigenvalue weighted by Gasteiger charge is -2.23. The van der Waals surface area contributed by atoms with Crippen molar-refractivity contribution >= 4 is 17.3 Å². The third-order valence-electron chi connectivity index (χ3n) is 4.33. The fraction of sp³-hybridized carbons (Fsp3) is 0.571. The van der Waals surface area contributed by atoms with Gasteiger partial charge >= 0.3 is 0 Å². The van der Waals surface area contributed by atoms with Gasteiger partial charge in [0.15, 0.2) is 0 Å². The maximum Gasteiger partial charge on any atom is 0.0642 e. The third kappa shape index (κ3) is 1.94. The van der Waals surface area contributed by atoms with Crippen LogP contribution in [0.4, 0.5) is 5.69 Å². The van der Waals surface area contributed by atoms with E-state index in [4.69, 9.17) is 17.3 Å². The molecule has 2 fully saturated rings. The van der Waals surface area contributed by atoms with Crippen molar-refractivity contribution in [2.75, 3.05) is 18.0 Å². The topological polar surface area (TPSA) is 29.3 Å². The van der Waals surface area contributed by atoms with E-state index in [1.54, 1.807) is 0 Å². The molecule has 2 N–H and O–H groups in total. The van der Waals surface area contributed by atoms with Gasteiger partial charge in [-0.05, 0) is 36.3 Å². The fourth-order valence-electron chi connectivity index (χ4n) is 3.50. The number of nitrogens with two attached hydrogens (primary N) is 1. The van der Waals surface area contributed by atoms with Gasteiger partial charge in [0, 0.05) is 19.6 Å². The van der Waals surface area contributed by atoms with E-state index in [1.807, 2.05) is 12.1 Å². The standard InChI is InChI=1S/C14H19ClN2/c15-13-6-2-3-10(7-16)14(13)17-8-11-4-1-5-12(11)9-17/h2-3,6,11-12H,1,4-5,7-9,16H2. The van der Waals surface area contributed by atoms with Gasteiger partial charge in [-0.3, -0.25) is 0 Å². The highest BCUT2D eigenvalue weighted by molar-refractivity contribution is 6.33. The van der Waals surface area contributed by atoms with Gasteiger partial charge in [-0.2, -0.15) is 0 Å². The summed E-state index contributed by atoms with van der Waals surface area (Å²) in [5.74, 6) is 1.77. The number of rotatable bonds is 2. The Bertz CT molecular complexity index is 407. The van der Waals surface area contributed by atoms with Crippen molar-refractivity contribution in [2.24, 2.45) is 17.6 Å². The van der Waals surface area contributed by atoms with Crippen LogP contribution in [0, 0.1) is 11.8 Å². The second-order valence-corrected chi connectivity index (χ2v) is 5.71.